The zero-order valence-corrected chi connectivity index (χ0v) is 32.9. The van der Waals surface area contributed by atoms with E-state index in [4.69, 9.17) is 18.9 Å². The second-order valence-electron chi connectivity index (χ2n) is 20.4. The summed E-state index contributed by atoms with van der Waals surface area (Å²) in [5.41, 5.74) is 0.336. The number of ether oxygens (including phenoxy) is 4. The molecule has 6 fully saturated rings. The number of rotatable bonds is 6. The number of carboxylic acid groups (broad SMARTS) is 2. The van der Waals surface area contributed by atoms with Crippen LogP contribution in [0, 0.1) is 50.2 Å². The number of aliphatic hydroxyl groups excluding tert-OH is 5. The molecule has 2 aliphatic heterocycles. The molecule has 17 atom stereocenters. The topological polar surface area (TPSA) is 213 Å². The Bertz CT molecular complexity index is 1510. The van der Waals surface area contributed by atoms with Crippen molar-refractivity contribution in [3.8, 4) is 0 Å². The fourth-order valence-corrected chi connectivity index (χ4v) is 13.5. The van der Waals surface area contributed by atoms with Crippen molar-refractivity contribution in [2.75, 3.05) is 6.61 Å². The van der Waals surface area contributed by atoms with Crippen LogP contribution in [0.1, 0.15) is 113 Å². The van der Waals surface area contributed by atoms with E-state index in [0.29, 0.717) is 25.2 Å². The summed E-state index contributed by atoms with van der Waals surface area (Å²) >= 11 is 0. The normalized spacial score (nSPS) is 52.4. The number of hydrogen-bond acceptors (Lipinski definition) is 11. The molecule has 0 aromatic carbocycles. The third kappa shape index (κ3) is 6.04. The van der Waals surface area contributed by atoms with Crippen LogP contribution in [0.25, 0.3) is 0 Å². The zero-order chi connectivity index (χ0) is 39.6. The van der Waals surface area contributed by atoms with Gasteiger partial charge in [0, 0.05) is 0 Å². The highest BCUT2D eigenvalue weighted by Gasteiger charge is 2.70. The van der Waals surface area contributed by atoms with Crippen LogP contribution in [0.2, 0.25) is 0 Å². The molecule has 7 N–H and O–H groups in total. The molecule has 0 bridgehead atoms. The van der Waals surface area contributed by atoms with Crippen molar-refractivity contribution in [1.29, 1.82) is 0 Å². The molecule has 7 rings (SSSR count). The number of aliphatic hydroxyl groups is 5. The van der Waals surface area contributed by atoms with Crippen molar-refractivity contribution in [3.05, 3.63) is 11.6 Å². The minimum atomic E-state index is -1.85. The Kier molecular flexibility index (Phi) is 10.1. The second-order valence-corrected chi connectivity index (χ2v) is 20.4. The van der Waals surface area contributed by atoms with Crippen molar-refractivity contribution < 1.29 is 64.3 Å². The van der Waals surface area contributed by atoms with Gasteiger partial charge in [0.2, 0.25) is 0 Å². The monoisotopic (exact) mass is 764 g/mol. The fourth-order valence-electron chi connectivity index (χ4n) is 13.5. The number of allylic oxidation sites excluding steroid dienone is 2. The van der Waals surface area contributed by atoms with E-state index in [-0.39, 0.29) is 45.5 Å². The van der Waals surface area contributed by atoms with Gasteiger partial charge < -0.3 is 54.7 Å². The molecule has 54 heavy (non-hydrogen) atoms. The Morgan fingerprint density at radius 2 is 1.48 bits per heavy atom. The second kappa shape index (κ2) is 13.4. The first-order chi connectivity index (χ1) is 25.0. The number of carboxylic acids is 2. The van der Waals surface area contributed by atoms with E-state index in [1.165, 1.54) is 5.57 Å². The number of aliphatic carboxylic acids is 2. The van der Waals surface area contributed by atoms with Crippen LogP contribution in [0.4, 0.5) is 0 Å². The Balaban J connectivity index is 1.13. The van der Waals surface area contributed by atoms with Crippen LogP contribution in [-0.2, 0) is 28.5 Å². The molecule has 0 spiro atoms. The Labute approximate surface area is 318 Å². The van der Waals surface area contributed by atoms with Crippen molar-refractivity contribution in [2.45, 2.75) is 174 Å². The van der Waals surface area contributed by atoms with Gasteiger partial charge in [0.25, 0.3) is 0 Å². The largest absolute Gasteiger partial charge is 0.481 e. The van der Waals surface area contributed by atoms with Crippen LogP contribution < -0.4 is 0 Å². The van der Waals surface area contributed by atoms with E-state index in [1.807, 2.05) is 0 Å². The molecule has 0 amide bonds. The maximum atomic E-state index is 13.1. The van der Waals surface area contributed by atoms with Crippen molar-refractivity contribution in [2.24, 2.45) is 50.2 Å². The Hall–Kier alpha value is -1.68. The lowest BCUT2D eigenvalue weighted by Gasteiger charge is -2.72. The van der Waals surface area contributed by atoms with E-state index in [9.17, 15) is 45.3 Å². The Morgan fingerprint density at radius 1 is 0.796 bits per heavy atom. The van der Waals surface area contributed by atoms with Gasteiger partial charge in [-0.05, 0) is 109 Å². The number of fused-ring (bicyclic) bond motifs is 7. The average molecular weight is 765 g/mol. The molecule has 7 aliphatic rings. The van der Waals surface area contributed by atoms with Crippen LogP contribution >= 0.6 is 0 Å². The van der Waals surface area contributed by atoms with E-state index in [1.54, 1.807) is 0 Å². The molecule has 306 valence electrons. The summed E-state index contributed by atoms with van der Waals surface area (Å²) in [5.74, 6) is -1.54. The van der Waals surface area contributed by atoms with Crippen LogP contribution in [0.3, 0.4) is 0 Å². The van der Waals surface area contributed by atoms with Gasteiger partial charge in [-0.2, -0.15) is 0 Å². The van der Waals surface area contributed by atoms with Gasteiger partial charge in [-0.15, -0.1) is 0 Å². The van der Waals surface area contributed by atoms with E-state index < -0.39 is 78.8 Å². The quantitative estimate of drug-likeness (QED) is 0.152. The first-order valence-electron chi connectivity index (χ1n) is 20.2. The van der Waals surface area contributed by atoms with E-state index in [2.05, 4.69) is 54.5 Å². The van der Waals surface area contributed by atoms with Crippen LogP contribution in [-0.4, -0.2) is 116 Å². The third-order valence-corrected chi connectivity index (χ3v) is 16.5. The molecule has 0 radical (unpaired) electrons. The predicted octanol–water partition coefficient (Wildman–Crippen LogP) is 3.61. The summed E-state index contributed by atoms with van der Waals surface area (Å²) < 4.78 is 23.2. The number of carbonyl (C=O) groups is 2. The summed E-state index contributed by atoms with van der Waals surface area (Å²) in [7, 11) is 0. The maximum absolute atomic E-state index is 13.1. The van der Waals surface area contributed by atoms with Gasteiger partial charge in [-0.1, -0.05) is 60.1 Å². The molecular weight excluding hydrogens is 700 g/mol. The van der Waals surface area contributed by atoms with Crippen molar-refractivity contribution in [1.82, 2.24) is 0 Å². The highest BCUT2D eigenvalue weighted by atomic mass is 16.7. The minimum Gasteiger partial charge on any atom is -0.481 e. The average Bonchev–Trinajstić information content (AvgIpc) is 3.08. The molecule has 13 nitrogen and oxygen atoms in total. The summed E-state index contributed by atoms with van der Waals surface area (Å²) in [6, 6.07) is 0. The van der Waals surface area contributed by atoms with Gasteiger partial charge in [0.1, 0.15) is 36.6 Å². The third-order valence-electron chi connectivity index (χ3n) is 16.5. The lowest BCUT2D eigenvalue weighted by Crippen LogP contribution is -2.66. The van der Waals surface area contributed by atoms with Gasteiger partial charge >= 0.3 is 11.9 Å². The summed E-state index contributed by atoms with van der Waals surface area (Å²) in [5, 5.41) is 73.5. The summed E-state index contributed by atoms with van der Waals surface area (Å²) in [4.78, 5) is 25.3. The highest BCUT2D eigenvalue weighted by Crippen LogP contribution is 2.77. The van der Waals surface area contributed by atoms with Gasteiger partial charge in [-0.25, -0.2) is 4.79 Å². The van der Waals surface area contributed by atoms with Crippen LogP contribution in [0.15, 0.2) is 11.6 Å². The first kappa shape index (κ1) is 40.5. The minimum absolute atomic E-state index is 0.0283. The van der Waals surface area contributed by atoms with Gasteiger partial charge in [0.05, 0.1) is 18.1 Å². The maximum Gasteiger partial charge on any atom is 0.335 e. The van der Waals surface area contributed by atoms with Crippen LogP contribution in [0.5, 0.6) is 0 Å². The predicted molar refractivity (Wildman–Crippen MR) is 192 cm³/mol. The SMILES string of the molecule is CC1(C)CC[C@]2(C(=O)O)CC[C@]3(C)C(=CC[C@@H]4[C@@]5(C)CC[C@H](O[C@@H]6O[C@H](C(=O)O)[C@@H](O)[C@H](O[C@@H]7OC[C@@H](O)[C@H](O)[C@H]7O)[C@H]6O)C[C@@H]5C(C)(C)C[C@]43C)[C@@H]2C1. The Morgan fingerprint density at radius 3 is 2.15 bits per heavy atom. The molecule has 13 heteroatoms. The van der Waals surface area contributed by atoms with Crippen molar-refractivity contribution >= 4 is 11.9 Å². The molecular formula is C41H64O13. The van der Waals surface area contributed by atoms with Crippen molar-refractivity contribution in [3.63, 3.8) is 0 Å². The lowest BCUT2D eigenvalue weighted by molar-refractivity contribution is -0.352. The van der Waals surface area contributed by atoms with Gasteiger partial charge in [-0.3, -0.25) is 4.79 Å². The molecule has 0 unspecified atom stereocenters. The van der Waals surface area contributed by atoms with E-state index in [0.717, 1.165) is 44.9 Å². The smallest absolute Gasteiger partial charge is 0.335 e. The molecule has 0 aromatic rings. The molecule has 2 saturated heterocycles. The molecule has 5 aliphatic carbocycles. The molecule has 4 saturated carbocycles. The summed E-state index contributed by atoms with van der Waals surface area (Å²) in [6.07, 6.45) is -4.55. The van der Waals surface area contributed by atoms with E-state index >= 15 is 0 Å². The summed E-state index contributed by atoms with van der Waals surface area (Å²) in [6.45, 7) is 16.2. The molecule has 0 aromatic heterocycles. The molecule has 2 heterocycles. The number of hydrogen-bond donors (Lipinski definition) is 7. The first-order valence-corrected chi connectivity index (χ1v) is 20.2. The fraction of sp³-hybridized carbons (Fsp3) is 0.902. The highest BCUT2D eigenvalue weighted by molar-refractivity contribution is 5.76. The zero-order valence-electron chi connectivity index (χ0n) is 32.9. The van der Waals surface area contributed by atoms with Gasteiger partial charge in [0.15, 0.2) is 18.7 Å². The lowest BCUT2D eigenvalue weighted by atomic mass is 9.32. The standard InChI is InChI=1S/C41H64O13/c1-36(2)12-14-41(35(49)50)15-13-39(6)21(22(41)17-36)8-9-24-38(5)11-10-20(16-25(38)37(3,4)19-40(24,39)7)52-34-29(46)30(28(45)31(54-34)32(47)48)53-33-27(44)26(43)23(42)18-51-33/h8,20,22-31,33-34,42-46H,9-19H2,1-7H3,(H,47,48)(H,49,50)/t20-,22-,23+,24+,25+,26-,27+,28-,29+,30-,31-,33-,34+,38+,39+,40+,41-/m0/s1.